The van der Waals surface area contributed by atoms with Gasteiger partial charge in [-0.05, 0) is 63.9 Å². The van der Waals surface area contributed by atoms with Crippen molar-refractivity contribution in [2.45, 2.75) is 58.7 Å². The van der Waals surface area contributed by atoms with Gasteiger partial charge in [0.15, 0.2) is 0 Å². The molecule has 3 aromatic rings. The minimum atomic E-state index is -0.663. The Morgan fingerprint density at radius 2 is 1.97 bits per heavy atom. The van der Waals surface area contributed by atoms with E-state index < -0.39 is 11.7 Å². The number of rotatable bonds is 7. The van der Waals surface area contributed by atoms with Crippen LogP contribution in [0.4, 0.5) is 10.5 Å². The molecular formula is C29H34ClN5O4. The molecule has 39 heavy (non-hydrogen) atoms. The number of aromatic nitrogens is 2. The molecule has 1 aliphatic heterocycles. The molecule has 1 atom stereocenters. The molecule has 1 fully saturated rings. The number of nitrogens with zero attached hydrogens (tertiary/aromatic N) is 3. The fraction of sp³-hybridized carbons (Fsp3) is 0.379. The largest absolute Gasteiger partial charge is 0.481 e. The number of halogens is 1. The molecule has 0 spiro atoms. The van der Waals surface area contributed by atoms with E-state index in [4.69, 9.17) is 31.8 Å². The minimum Gasteiger partial charge on any atom is -0.481 e. The van der Waals surface area contributed by atoms with E-state index in [1.807, 2.05) is 58.0 Å². The van der Waals surface area contributed by atoms with Crippen molar-refractivity contribution >= 4 is 29.3 Å². The van der Waals surface area contributed by atoms with Crippen molar-refractivity contribution in [1.29, 1.82) is 0 Å². The average Bonchev–Trinajstić information content (AvgIpc) is 3.29. The van der Waals surface area contributed by atoms with Gasteiger partial charge in [0.1, 0.15) is 5.60 Å². The van der Waals surface area contributed by atoms with Crippen molar-refractivity contribution in [2.24, 2.45) is 0 Å². The minimum absolute atomic E-state index is 0.0145. The summed E-state index contributed by atoms with van der Waals surface area (Å²) in [7, 11) is 1.54. The van der Waals surface area contributed by atoms with Gasteiger partial charge in [0.2, 0.25) is 11.8 Å². The summed E-state index contributed by atoms with van der Waals surface area (Å²) in [6, 6.07) is 11.0. The molecular weight excluding hydrogens is 518 g/mol. The molecule has 0 saturated carbocycles. The van der Waals surface area contributed by atoms with Crippen LogP contribution in [0.1, 0.15) is 44.7 Å². The van der Waals surface area contributed by atoms with Crippen LogP contribution < -0.4 is 15.8 Å². The van der Waals surface area contributed by atoms with Gasteiger partial charge >= 0.3 is 6.09 Å². The summed E-state index contributed by atoms with van der Waals surface area (Å²) in [4.78, 5) is 35.7. The van der Waals surface area contributed by atoms with E-state index in [1.165, 1.54) is 0 Å². The molecule has 0 radical (unpaired) electrons. The predicted molar refractivity (Wildman–Crippen MR) is 151 cm³/mol. The highest BCUT2D eigenvalue weighted by Crippen LogP contribution is 2.36. The summed E-state index contributed by atoms with van der Waals surface area (Å²) in [6.45, 7) is 7.94. The molecule has 1 aromatic carbocycles. The Morgan fingerprint density at radius 1 is 1.21 bits per heavy atom. The third kappa shape index (κ3) is 6.60. The molecule has 10 heteroatoms. The van der Waals surface area contributed by atoms with E-state index in [1.54, 1.807) is 24.3 Å². The van der Waals surface area contributed by atoms with Crippen LogP contribution in [-0.2, 0) is 16.1 Å². The highest BCUT2D eigenvalue weighted by atomic mass is 35.5. The Kier molecular flexibility index (Phi) is 8.30. The number of nitrogens with one attached hydrogen (secondary N) is 1. The van der Waals surface area contributed by atoms with E-state index >= 15 is 0 Å². The van der Waals surface area contributed by atoms with Crippen LogP contribution in [0.3, 0.4) is 0 Å². The highest BCUT2D eigenvalue weighted by molar-refractivity contribution is 6.35. The van der Waals surface area contributed by atoms with Gasteiger partial charge in [-0.3, -0.25) is 9.78 Å². The number of pyridine rings is 2. The van der Waals surface area contributed by atoms with Crippen LogP contribution in [0.25, 0.3) is 22.5 Å². The lowest BCUT2D eigenvalue weighted by molar-refractivity contribution is -0.119. The van der Waals surface area contributed by atoms with Crippen LogP contribution in [0.15, 0.2) is 42.6 Å². The van der Waals surface area contributed by atoms with Gasteiger partial charge in [0.05, 0.1) is 35.8 Å². The average molecular weight is 552 g/mol. The lowest BCUT2D eigenvalue weighted by Crippen LogP contribution is -2.43. The zero-order valence-electron chi connectivity index (χ0n) is 22.9. The first-order valence-electron chi connectivity index (χ1n) is 12.8. The summed E-state index contributed by atoms with van der Waals surface area (Å²) in [5.41, 5.74) is 10.4. The van der Waals surface area contributed by atoms with Gasteiger partial charge in [-0.2, -0.15) is 0 Å². The van der Waals surface area contributed by atoms with Crippen LogP contribution >= 0.6 is 11.6 Å². The number of anilines is 1. The van der Waals surface area contributed by atoms with E-state index in [0.717, 1.165) is 16.7 Å². The van der Waals surface area contributed by atoms with Gasteiger partial charge in [0, 0.05) is 41.9 Å². The van der Waals surface area contributed by atoms with Gasteiger partial charge in [-0.15, -0.1) is 0 Å². The second-order valence-electron chi connectivity index (χ2n) is 10.6. The molecule has 3 N–H and O–H groups in total. The van der Waals surface area contributed by atoms with Crippen molar-refractivity contribution in [3.63, 3.8) is 0 Å². The number of benzene rings is 1. The zero-order valence-corrected chi connectivity index (χ0v) is 23.6. The second-order valence-corrected chi connectivity index (χ2v) is 10.9. The van der Waals surface area contributed by atoms with Crippen LogP contribution in [0, 0.1) is 6.92 Å². The number of carbonyl (C=O) groups excluding carboxylic acids is 2. The van der Waals surface area contributed by atoms with Crippen LogP contribution in [0.2, 0.25) is 5.02 Å². The quantitative estimate of drug-likeness (QED) is 0.378. The van der Waals surface area contributed by atoms with E-state index in [2.05, 4.69) is 10.3 Å². The molecule has 0 aliphatic carbocycles. The normalized spacial score (nSPS) is 15.1. The first kappa shape index (κ1) is 28.2. The molecule has 2 aromatic heterocycles. The van der Waals surface area contributed by atoms with Gasteiger partial charge in [-0.1, -0.05) is 23.7 Å². The van der Waals surface area contributed by atoms with Gasteiger partial charge in [-0.25, -0.2) is 9.78 Å². The smallest absolute Gasteiger partial charge is 0.410 e. The Morgan fingerprint density at radius 3 is 2.64 bits per heavy atom. The zero-order chi connectivity index (χ0) is 28.3. The summed E-state index contributed by atoms with van der Waals surface area (Å²) < 4.78 is 11.3. The summed E-state index contributed by atoms with van der Waals surface area (Å²) in [5.74, 6) is 0.371. The number of hydrogen-bond acceptors (Lipinski definition) is 7. The Bertz CT molecular complexity index is 1390. The maximum absolute atomic E-state index is 13.1. The number of ether oxygens (including phenoxy) is 2. The molecule has 1 aliphatic rings. The third-order valence-electron chi connectivity index (χ3n) is 6.43. The number of carbonyl (C=O) groups is 2. The first-order chi connectivity index (χ1) is 18.5. The molecule has 4 rings (SSSR count). The lowest BCUT2D eigenvalue weighted by atomic mass is 9.99. The molecule has 3 heterocycles. The van der Waals surface area contributed by atoms with Gasteiger partial charge in [0.25, 0.3) is 0 Å². The van der Waals surface area contributed by atoms with Crippen molar-refractivity contribution in [1.82, 2.24) is 20.2 Å². The molecule has 206 valence electrons. The van der Waals surface area contributed by atoms with Crippen molar-refractivity contribution < 1.29 is 19.1 Å². The summed E-state index contributed by atoms with van der Waals surface area (Å²) >= 11 is 6.48. The monoisotopic (exact) mass is 551 g/mol. The number of methoxy groups -OCH3 is 1. The van der Waals surface area contributed by atoms with Crippen molar-refractivity contribution in [3.05, 3.63) is 58.7 Å². The Hall–Kier alpha value is -3.85. The maximum atomic E-state index is 13.1. The Balaban J connectivity index is 1.65. The maximum Gasteiger partial charge on any atom is 0.410 e. The predicted octanol–water partition coefficient (Wildman–Crippen LogP) is 5.38. The van der Waals surface area contributed by atoms with Gasteiger partial charge < -0.3 is 25.4 Å². The van der Waals surface area contributed by atoms with Crippen molar-refractivity contribution in [3.8, 4) is 28.4 Å². The topological polar surface area (TPSA) is 120 Å². The fourth-order valence-corrected chi connectivity index (χ4v) is 4.77. The number of hydrogen-bond donors (Lipinski definition) is 2. The fourth-order valence-electron chi connectivity index (χ4n) is 4.55. The SMILES string of the molecule is COc1nc(-c2ccnc(-c3cccc(N)c3Cl)c2C)ccc1CN(C[C@@H]1CCC(=O)N1)C(=O)OC(C)(C)C. The highest BCUT2D eigenvalue weighted by Gasteiger charge is 2.29. The number of nitrogen functional groups attached to an aromatic ring is 1. The molecule has 0 unspecified atom stereocenters. The van der Waals surface area contributed by atoms with E-state index in [-0.39, 0.29) is 18.5 Å². The molecule has 2 amide bonds. The molecule has 9 nitrogen and oxygen atoms in total. The number of nitrogens with two attached hydrogens (primary N) is 1. The van der Waals surface area contributed by atoms with Crippen LogP contribution in [-0.4, -0.2) is 52.2 Å². The third-order valence-corrected chi connectivity index (χ3v) is 6.86. The lowest BCUT2D eigenvalue weighted by Gasteiger charge is -2.29. The summed E-state index contributed by atoms with van der Waals surface area (Å²) in [6.07, 6.45) is 2.34. The van der Waals surface area contributed by atoms with Crippen molar-refractivity contribution in [2.75, 3.05) is 19.4 Å². The van der Waals surface area contributed by atoms with Crippen LogP contribution in [0.5, 0.6) is 5.88 Å². The standard InChI is InChI=1S/C29H34ClN5O4/c1-17-20(13-14-32-26(17)21-7-6-8-22(31)25(21)30)23-11-9-18(27(34-23)38-5)15-35(28(37)39-29(2,3)4)16-19-10-12-24(36)33-19/h6-9,11,13-14,19H,10,12,15-16,31H2,1-5H3,(H,33,36)/t19-/m0/s1. The number of amides is 2. The van der Waals surface area contributed by atoms with E-state index in [9.17, 15) is 9.59 Å². The first-order valence-corrected chi connectivity index (χ1v) is 13.2. The Labute approximate surface area is 233 Å². The molecule has 1 saturated heterocycles. The molecule has 0 bridgehead atoms. The van der Waals surface area contributed by atoms with E-state index in [0.29, 0.717) is 52.9 Å². The second kappa shape index (κ2) is 11.5. The summed E-state index contributed by atoms with van der Waals surface area (Å²) in [5, 5.41) is 3.37.